The number of amides is 2. The van der Waals surface area contributed by atoms with Crippen molar-refractivity contribution in [2.75, 3.05) is 27.2 Å². The van der Waals surface area contributed by atoms with Crippen molar-refractivity contribution in [3.8, 4) is 0 Å². The average Bonchev–Trinajstić information content (AvgIpc) is 2.02. The molecule has 0 aromatic rings. The zero-order valence-corrected chi connectivity index (χ0v) is 6.63. The first kappa shape index (κ1) is 9.90. The minimum atomic E-state index is -0.562. The maximum absolute atomic E-state index is 10.7. The molecule has 5 nitrogen and oxygen atoms in total. The standard InChI is InChI=1S/C6H12N2O3/c1-7-5(10)3-8(2)6(11)4-9/h9H,3-4H2,1-2H3,(H,7,10). The highest BCUT2D eigenvalue weighted by atomic mass is 16.3. The second kappa shape index (κ2) is 4.68. The van der Waals surface area contributed by atoms with Crippen LogP contribution >= 0.6 is 0 Å². The van der Waals surface area contributed by atoms with Gasteiger partial charge in [-0.3, -0.25) is 9.59 Å². The number of nitrogens with zero attached hydrogens (tertiary/aromatic N) is 1. The number of aliphatic hydroxyl groups is 1. The molecule has 2 N–H and O–H groups in total. The number of likely N-dealkylation sites (N-methyl/N-ethyl adjacent to an activating group) is 2. The summed E-state index contributed by atoms with van der Waals surface area (Å²) in [6.07, 6.45) is 0. The van der Waals surface area contributed by atoms with Gasteiger partial charge in [0.15, 0.2) is 0 Å². The molecule has 0 unspecified atom stereocenters. The van der Waals surface area contributed by atoms with Crippen LogP contribution in [0.3, 0.4) is 0 Å². The normalized spacial score (nSPS) is 9.00. The molecule has 0 rings (SSSR count). The third-order valence-corrected chi connectivity index (χ3v) is 1.22. The predicted molar refractivity (Wildman–Crippen MR) is 38.8 cm³/mol. The van der Waals surface area contributed by atoms with Crippen molar-refractivity contribution < 1.29 is 14.7 Å². The van der Waals surface area contributed by atoms with E-state index in [1.54, 1.807) is 0 Å². The van der Waals surface area contributed by atoms with Gasteiger partial charge in [0.1, 0.15) is 6.61 Å². The molecule has 11 heavy (non-hydrogen) atoms. The van der Waals surface area contributed by atoms with Gasteiger partial charge in [-0.15, -0.1) is 0 Å². The Bertz CT molecular complexity index is 158. The maximum Gasteiger partial charge on any atom is 0.248 e. The SMILES string of the molecule is CNC(=O)CN(C)C(=O)CO. The molecule has 0 fully saturated rings. The molecule has 0 aromatic heterocycles. The lowest BCUT2D eigenvalue weighted by Crippen LogP contribution is -2.38. The van der Waals surface area contributed by atoms with E-state index in [0.29, 0.717) is 0 Å². The summed E-state index contributed by atoms with van der Waals surface area (Å²) in [5, 5.41) is 10.7. The molecule has 0 saturated carbocycles. The van der Waals surface area contributed by atoms with Crippen molar-refractivity contribution in [3.05, 3.63) is 0 Å². The van der Waals surface area contributed by atoms with Gasteiger partial charge < -0.3 is 15.3 Å². The Morgan fingerprint density at radius 3 is 2.45 bits per heavy atom. The van der Waals surface area contributed by atoms with E-state index in [2.05, 4.69) is 5.32 Å². The van der Waals surface area contributed by atoms with Gasteiger partial charge in [0.25, 0.3) is 0 Å². The van der Waals surface area contributed by atoms with Crippen molar-refractivity contribution in [2.24, 2.45) is 0 Å². The minimum absolute atomic E-state index is 0.0180. The van der Waals surface area contributed by atoms with E-state index in [1.807, 2.05) is 0 Å². The summed E-state index contributed by atoms with van der Waals surface area (Å²) >= 11 is 0. The Labute approximate surface area is 65.0 Å². The second-order valence-electron chi connectivity index (χ2n) is 2.08. The van der Waals surface area contributed by atoms with Crippen molar-refractivity contribution in [2.45, 2.75) is 0 Å². The van der Waals surface area contributed by atoms with Crippen molar-refractivity contribution in [1.82, 2.24) is 10.2 Å². The molecule has 0 aliphatic carbocycles. The van der Waals surface area contributed by atoms with Crippen LogP contribution in [-0.2, 0) is 9.59 Å². The Hall–Kier alpha value is -1.10. The van der Waals surface area contributed by atoms with Crippen LogP contribution in [-0.4, -0.2) is 49.1 Å². The van der Waals surface area contributed by atoms with Gasteiger partial charge in [0.05, 0.1) is 6.54 Å². The van der Waals surface area contributed by atoms with Crippen LogP contribution in [0.2, 0.25) is 0 Å². The predicted octanol–water partition coefficient (Wildman–Crippen LogP) is -1.82. The second-order valence-corrected chi connectivity index (χ2v) is 2.08. The quantitative estimate of drug-likeness (QED) is 0.511. The molecule has 5 heteroatoms. The molecule has 0 radical (unpaired) electrons. The van der Waals surface area contributed by atoms with Gasteiger partial charge in [0, 0.05) is 14.1 Å². The molecule has 0 aliphatic rings. The zero-order valence-electron chi connectivity index (χ0n) is 6.63. The smallest absolute Gasteiger partial charge is 0.248 e. The lowest BCUT2D eigenvalue weighted by molar-refractivity contribution is -0.136. The fourth-order valence-corrected chi connectivity index (χ4v) is 0.503. The number of aliphatic hydroxyl groups excluding tert-OH is 1. The van der Waals surface area contributed by atoms with E-state index < -0.39 is 12.5 Å². The van der Waals surface area contributed by atoms with Gasteiger partial charge in [0.2, 0.25) is 11.8 Å². The molecule has 0 saturated heterocycles. The van der Waals surface area contributed by atoms with Crippen molar-refractivity contribution in [3.63, 3.8) is 0 Å². The van der Waals surface area contributed by atoms with Gasteiger partial charge in [-0.2, -0.15) is 0 Å². The zero-order chi connectivity index (χ0) is 8.85. The monoisotopic (exact) mass is 160 g/mol. The Morgan fingerprint density at radius 2 is 2.09 bits per heavy atom. The lowest BCUT2D eigenvalue weighted by atomic mass is 10.5. The van der Waals surface area contributed by atoms with E-state index in [1.165, 1.54) is 14.1 Å². The molecule has 0 atom stereocenters. The largest absolute Gasteiger partial charge is 0.387 e. The van der Waals surface area contributed by atoms with E-state index >= 15 is 0 Å². The first-order chi connectivity index (χ1) is 5.11. The molecule has 0 spiro atoms. The molecule has 2 amide bonds. The topological polar surface area (TPSA) is 69.6 Å². The molecular weight excluding hydrogens is 148 g/mol. The third kappa shape index (κ3) is 3.57. The van der Waals surface area contributed by atoms with Gasteiger partial charge >= 0.3 is 0 Å². The van der Waals surface area contributed by atoms with Crippen molar-refractivity contribution in [1.29, 1.82) is 0 Å². The first-order valence-corrected chi connectivity index (χ1v) is 3.17. The highest BCUT2D eigenvalue weighted by Crippen LogP contribution is 1.82. The van der Waals surface area contributed by atoms with E-state index in [9.17, 15) is 9.59 Å². The molecule has 0 bridgehead atoms. The fraction of sp³-hybridized carbons (Fsp3) is 0.667. The highest BCUT2D eigenvalue weighted by molar-refractivity contribution is 5.84. The number of carbonyl (C=O) groups is 2. The third-order valence-electron chi connectivity index (χ3n) is 1.22. The number of hydrogen-bond acceptors (Lipinski definition) is 3. The summed E-state index contributed by atoms with van der Waals surface area (Å²) in [4.78, 5) is 22.5. The van der Waals surface area contributed by atoms with Crippen LogP contribution in [0.5, 0.6) is 0 Å². The van der Waals surface area contributed by atoms with E-state index in [0.717, 1.165) is 4.90 Å². The molecular formula is C6H12N2O3. The maximum atomic E-state index is 10.7. The van der Waals surface area contributed by atoms with E-state index in [-0.39, 0.29) is 12.5 Å². The minimum Gasteiger partial charge on any atom is -0.387 e. The Kier molecular flexibility index (Phi) is 4.21. The van der Waals surface area contributed by atoms with E-state index in [4.69, 9.17) is 5.11 Å². The van der Waals surface area contributed by atoms with Crippen LogP contribution < -0.4 is 5.32 Å². The molecule has 0 aromatic carbocycles. The molecule has 0 aliphatic heterocycles. The number of rotatable bonds is 3. The summed E-state index contributed by atoms with van der Waals surface area (Å²) < 4.78 is 0. The summed E-state index contributed by atoms with van der Waals surface area (Å²) in [6, 6.07) is 0. The first-order valence-electron chi connectivity index (χ1n) is 3.17. The average molecular weight is 160 g/mol. The van der Waals surface area contributed by atoms with Gasteiger partial charge in [-0.25, -0.2) is 0 Å². The van der Waals surface area contributed by atoms with Crippen molar-refractivity contribution >= 4 is 11.8 Å². The Morgan fingerprint density at radius 1 is 1.55 bits per heavy atom. The van der Waals surface area contributed by atoms with Crippen LogP contribution in [0.4, 0.5) is 0 Å². The van der Waals surface area contributed by atoms with Gasteiger partial charge in [-0.1, -0.05) is 0 Å². The number of nitrogens with one attached hydrogen (secondary N) is 1. The molecule has 64 valence electrons. The lowest BCUT2D eigenvalue weighted by Gasteiger charge is -2.13. The summed E-state index contributed by atoms with van der Waals surface area (Å²) in [5.74, 6) is -0.720. The summed E-state index contributed by atoms with van der Waals surface area (Å²) in [7, 11) is 2.94. The highest BCUT2D eigenvalue weighted by Gasteiger charge is 2.09. The fourth-order valence-electron chi connectivity index (χ4n) is 0.503. The Balaban J connectivity index is 3.77. The summed E-state index contributed by atoms with van der Waals surface area (Å²) in [5.41, 5.74) is 0. The van der Waals surface area contributed by atoms with Gasteiger partial charge in [-0.05, 0) is 0 Å². The molecule has 0 heterocycles. The van der Waals surface area contributed by atoms with Crippen LogP contribution in [0.1, 0.15) is 0 Å². The van der Waals surface area contributed by atoms with Crippen LogP contribution in [0.25, 0.3) is 0 Å². The number of carbonyl (C=O) groups excluding carboxylic acids is 2. The number of hydrogen-bond donors (Lipinski definition) is 2. The van der Waals surface area contributed by atoms with Crippen LogP contribution in [0, 0.1) is 0 Å². The summed E-state index contributed by atoms with van der Waals surface area (Å²) in [6.45, 7) is -0.580. The van der Waals surface area contributed by atoms with Crippen LogP contribution in [0.15, 0.2) is 0 Å².